The first kappa shape index (κ1) is 16.4. The Balaban J connectivity index is 1.77. The van der Waals surface area contributed by atoms with Crippen LogP contribution in [0.25, 0.3) is 21.9 Å². The Kier molecular flexibility index (Phi) is 3.57. The normalized spacial score (nSPS) is 17.7. The first-order chi connectivity index (χ1) is 13.1. The zero-order valence-electron chi connectivity index (χ0n) is 15.2. The second-order valence-electron chi connectivity index (χ2n) is 7.61. The van der Waals surface area contributed by atoms with E-state index in [-0.39, 0.29) is 5.41 Å². The monoisotopic (exact) mass is 369 g/mol. The second kappa shape index (κ2) is 5.87. The summed E-state index contributed by atoms with van der Waals surface area (Å²) in [5.41, 5.74) is 13.4. The highest BCUT2D eigenvalue weighted by Gasteiger charge is 2.41. The average molecular weight is 370 g/mol. The van der Waals surface area contributed by atoms with E-state index in [1.54, 1.807) is 0 Å². The molecule has 2 heteroatoms. The fourth-order valence-electron chi connectivity index (χ4n) is 4.76. The van der Waals surface area contributed by atoms with Gasteiger partial charge < -0.3 is 5.73 Å². The van der Waals surface area contributed by atoms with Crippen molar-refractivity contribution in [2.24, 2.45) is 0 Å². The molecule has 27 heavy (non-hydrogen) atoms. The molecule has 0 saturated heterocycles. The lowest BCUT2D eigenvalue weighted by molar-refractivity contribution is 0.587. The molecule has 0 aromatic heterocycles. The van der Waals surface area contributed by atoms with Gasteiger partial charge in [-0.15, -0.1) is 0 Å². The van der Waals surface area contributed by atoms with Crippen LogP contribution in [0, 0.1) is 0 Å². The van der Waals surface area contributed by atoms with Gasteiger partial charge in [0, 0.05) is 16.1 Å². The van der Waals surface area contributed by atoms with Crippen LogP contribution in [0.3, 0.4) is 0 Å². The van der Waals surface area contributed by atoms with Gasteiger partial charge in [-0.25, -0.2) is 0 Å². The lowest BCUT2D eigenvalue weighted by atomic mass is 9.74. The Morgan fingerprint density at radius 3 is 2.52 bits per heavy atom. The predicted octanol–water partition coefficient (Wildman–Crippen LogP) is 6.60. The van der Waals surface area contributed by atoms with Crippen LogP contribution < -0.4 is 5.73 Å². The molecule has 5 rings (SSSR count). The van der Waals surface area contributed by atoms with Crippen LogP contribution in [0.15, 0.2) is 78.9 Å². The molecule has 1 atom stereocenters. The van der Waals surface area contributed by atoms with Gasteiger partial charge in [-0.05, 0) is 63.2 Å². The second-order valence-corrected chi connectivity index (χ2v) is 8.04. The molecule has 0 saturated carbocycles. The summed E-state index contributed by atoms with van der Waals surface area (Å²) in [6.45, 7) is 2.30. The van der Waals surface area contributed by atoms with Crippen molar-refractivity contribution in [3.8, 4) is 11.1 Å². The average Bonchev–Trinajstić information content (AvgIpc) is 2.91. The number of nitrogen functional groups attached to an aromatic ring is 1. The van der Waals surface area contributed by atoms with E-state index in [1.165, 1.54) is 38.6 Å². The molecule has 1 unspecified atom stereocenters. The molecule has 1 nitrogen and oxygen atoms in total. The van der Waals surface area contributed by atoms with Crippen LogP contribution in [0.1, 0.15) is 23.6 Å². The molecule has 0 fully saturated rings. The van der Waals surface area contributed by atoms with E-state index in [0.29, 0.717) is 0 Å². The molecule has 2 N–H and O–H groups in total. The lowest BCUT2D eigenvalue weighted by Crippen LogP contribution is -2.25. The van der Waals surface area contributed by atoms with Gasteiger partial charge in [-0.1, -0.05) is 79.2 Å². The maximum Gasteiger partial charge on any atom is 0.0409 e. The van der Waals surface area contributed by atoms with Gasteiger partial charge in [0.2, 0.25) is 0 Å². The number of anilines is 1. The minimum absolute atomic E-state index is 0.217. The van der Waals surface area contributed by atoms with Crippen molar-refractivity contribution in [2.75, 3.05) is 5.73 Å². The molecule has 132 valence electrons. The van der Waals surface area contributed by atoms with E-state index >= 15 is 0 Å². The zero-order chi connectivity index (χ0) is 18.6. The van der Waals surface area contributed by atoms with Crippen molar-refractivity contribution >= 4 is 28.1 Å². The third kappa shape index (κ3) is 2.39. The third-order valence-corrected chi connectivity index (χ3v) is 6.17. The van der Waals surface area contributed by atoms with E-state index in [1.807, 2.05) is 18.2 Å². The maximum atomic E-state index is 6.50. The van der Waals surface area contributed by atoms with Crippen molar-refractivity contribution in [1.82, 2.24) is 0 Å². The first-order valence-electron chi connectivity index (χ1n) is 9.24. The summed E-state index contributed by atoms with van der Waals surface area (Å²) < 4.78 is 0. The minimum Gasteiger partial charge on any atom is -0.398 e. The highest BCUT2D eigenvalue weighted by molar-refractivity contribution is 6.30. The molecule has 0 aliphatic heterocycles. The van der Waals surface area contributed by atoms with Crippen LogP contribution in [0.4, 0.5) is 5.69 Å². The van der Waals surface area contributed by atoms with Crippen LogP contribution >= 0.6 is 11.6 Å². The molecule has 1 aliphatic rings. The quantitative estimate of drug-likeness (QED) is 0.395. The largest absolute Gasteiger partial charge is 0.398 e. The summed E-state index contributed by atoms with van der Waals surface area (Å²) in [5, 5.41) is 3.33. The number of hydrogen-bond acceptors (Lipinski definition) is 1. The van der Waals surface area contributed by atoms with Gasteiger partial charge in [0.1, 0.15) is 0 Å². The highest BCUT2D eigenvalue weighted by Crippen LogP contribution is 2.53. The van der Waals surface area contributed by atoms with Crippen molar-refractivity contribution in [2.45, 2.75) is 18.8 Å². The fraction of sp³-hybridized carbons (Fsp3) is 0.120. The Morgan fingerprint density at radius 1 is 0.852 bits per heavy atom. The van der Waals surface area contributed by atoms with Crippen LogP contribution in [0.5, 0.6) is 0 Å². The van der Waals surface area contributed by atoms with Crippen LogP contribution in [-0.4, -0.2) is 0 Å². The van der Waals surface area contributed by atoms with Crippen LogP contribution in [-0.2, 0) is 11.8 Å². The van der Waals surface area contributed by atoms with Gasteiger partial charge in [0.15, 0.2) is 0 Å². The standard InChI is InChI=1S/C25H20ClN/c1-25(15-17-8-4-7-16-6-2-3-9-19(16)17)22-14-18(26)12-13-20(22)21-10-5-11-23(27)24(21)25/h2-14H,15,27H2,1H3. The van der Waals surface area contributed by atoms with Crippen molar-refractivity contribution in [3.05, 3.63) is 101 Å². The van der Waals surface area contributed by atoms with E-state index in [9.17, 15) is 0 Å². The molecule has 0 radical (unpaired) electrons. The molecule has 0 spiro atoms. The SMILES string of the molecule is CC1(Cc2cccc3ccccc23)c2cc(Cl)ccc2-c2cccc(N)c21. The summed E-state index contributed by atoms with van der Waals surface area (Å²) >= 11 is 6.40. The molecule has 0 amide bonds. The molecular weight excluding hydrogens is 350 g/mol. The van der Waals surface area contributed by atoms with Gasteiger partial charge in [-0.3, -0.25) is 0 Å². The number of hydrogen-bond donors (Lipinski definition) is 1. The highest BCUT2D eigenvalue weighted by atomic mass is 35.5. The van der Waals surface area contributed by atoms with Gasteiger partial charge in [0.25, 0.3) is 0 Å². The molecule has 4 aromatic carbocycles. The van der Waals surface area contributed by atoms with Crippen LogP contribution in [0.2, 0.25) is 5.02 Å². The number of benzene rings is 4. The number of halogens is 1. The zero-order valence-corrected chi connectivity index (χ0v) is 15.9. The van der Waals surface area contributed by atoms with Crippen molar-refractivity contribution in [3.63, 3.8) is 0 Å². The van der Waals surface area contributed by atoms with Crippen molar-refractivity contribution < 1.29 is 0 Å². The van der Waals surface area contributed by atoms with Gasteiger partial charge >= 0.3 is 0 Å². The van der Waals surface area contributed by atoms with Gasteiger partial charge in [-0.2, -0.15) is 0 Å². The Hall–Kier alpha value is -2.77. The first-order valence-corrected chi connectivity index (χ1v) is 9.62. The Bertz CT molecular complexity index is 1190. The Morgan fingerprint density at radius 2 is 1.63 bits per heavy atom. The summed E-state index contributed by atoms with van der Waals surface area (Å²) in [6, 6.07) is 27.5. The summed E-state index contributed by atoms with van der Waals surface area (Å²) in [4.78, 5) is 0. The lowest BCUT2D eigenvalue weighted by Gasteiger charge is -2.29. The molecular formula is C25H20ClN. The topological polar surface area (TPSA) is 26.0 Å². The Labute approximate surface area is 164 Å². The minimum atomic E-state index is -0.217. The van der Waals surface area contributed by atoms with Crippen molar-refractivity contribution in [1.29, 1.82) is 0 Å². The number of nitrogens with two attached hydrogens (primary N) is 1. The molecule has 0 bridgehead atoms. The van der Waals surface area contributed by atoms with Gasteiger partial charge in [0.05, 0.1) is 0 Å². The summed E-state index contributed by atoms with van der Waals surface area (Å²) in [7, 11) is 0. The number of fused-ring (bicyclic) bond motifs is 4. The third-order valence-electron chi connectivity index (χ3n) is 5.94. The number of rotatable bonds is 2. The molecule has 0 heterocycles. The molecule has 4 aromatic rings. The molecule has 1 aliphatic carbocycles. The predicted molar refractivity (Wildman–Crippen MR) is 115 cm³/mol. The summed E-state index contributed by atoms with van der Waals surface area (Å²) in [5.74, 6) is 0. The van der Waals surface area contributed by atoms with E-state index < -0.39 is 0 Å². The summed E-state index contributed by atoms with van der Waals surface area (Å²) in [6.07, 6.45) is 0.878. The smallest absolute Gasteiger partial charge is 0.0409 e. The fourth-order valence-corrected chi connectivity index (χ4v) is 4.94. The van der Waals surface area contributed by atoms with E-state index in [2.05, 4.69) is 67.6 Å². The maximum absolute atomic E-state index is 6.50. The van der Waals surface area contributed by atoms with E-state index in [0.717, 1.165) is 17.1 Å². The van der Waals surface area contributed by atoms with E-state index in [4.69, 9.17) is 17.3 Å².